The van der Waals surface area contributed by atoms with Crippen LogP contribution in [0, 0.1) is 5.41 Å². The highest BCUT2D eigenvalue weighted by Gasteiger charge is 2.23. The molecule has 1 aromatic heterocycles. The second-order valence-electron chi connectivity index (χ2n) is 6.04. The molecule has 0 saturated heterocycles. The second-order valence-corrected chi connectivity index (χ2v) is 6.04. The van der Waals surface area contributed by atoms with Crippen LogP contribution in [0.2, 0.25) is 0 Å². The number of fused-ring (bicyclic) bond motifs is 1. The Labute approximate surface area is 123 Å². The van der Waals surface area contributed by atoms with Crippen molar-refractivity contribution in [2.75, 3.05) is 13.3 Å². The van der Waals surface area contributed by atoms with Gasteiger partial charge in [0.1, 0.15) is 6.54 Å². The van der Waals surface area contributed by atoms with Crippen molar-refractivity contribution in [3.63, 3.8) is 0 Å². The van der Waals surface area contributed by atoms with Crippen molar-refractivity contribution in [1.29, 1.82) is 0 Å². The summed E-state index contributed by atoms with van der Waals surface area (Å²) in [6, 6.07) is 0. The first kappa shape index (κ1) is 15.5. The maximum atomic E-state index is 11.7. The lowest BCUT2D eigenvalue weighted by atomic mass is 9.98. The van der Waals surface area contributed by atoms with Gasteiger partial charge in [-0.2, -0.15) is 5.10 Å². The lowest BCUT2D eigenvalue weighted by Crippen LogP contribution is -2.25. The first-order chi connectivity index (χ1) is 9.86. The van der Waals surface area contributed by atoms with Gasteiger partial charge in [0.15, 0.2) is 0 Å². The normalized spacial score (nSPS) is 14.4. The summed E-state index contributed by atoms with van der Waals surface area (Å²) in [5.74, 6) is -0.888. The zero-order chi connectivity index (χ0) is 15.5. The van der Waals surface area contributed by atoms with Crippen molar-refractivity contribution >= 4 is 11.9 Å². The maximum Gasteiger partial charge on any atom is 0.330 e. The lowest BCUT2D eigenvalue weighted by Gasteiger charge is -2.16. The van der Waals surface area contributed by atoms with E-state index >= 15 is 0 Å². The van der Waals surface area contributed by atoms with E-state index in [0.717, 1.165) is 30.8 Å². The van der Waals surface area contributed by atoms with E-state index in [1.807, 2.05) is 6.20 Å². The molecule has 0 atom stereocenters. The molecule has 0 fully saturated rings. The van der Waals surface area contributed by atoms with Gasteiger partial charge in [-0.05, 0) is 20.8 Å². The van der Waals surface area contributed by atoms with Crippen LogP contribution in [0.3, 0.4) is 0 Å². The predicted octanol–water partition coefficient (Wildman–Crippen LogP) is 0.619. The molecule has 7 heteroatoms. The van der Waals surface area contributed by atoms with Crippen LogP contribution < -0.4 is 5.32 Å². The van der Waals surface area contributed by atoms with E-state index < -0.39 is 17.4 Å². The summed E-state index contributed by atoms with van der Waals surface area (Å²) in [4.78, 5) is 23.2. The zero-order valence-electron chi connectivity index (χ0n) is 12.6. The molecule has 0 amide bonds. The first-order valence-corrected chi connectivity index (χ1v) is 6.95. The van der Waals surface area contributed by atoms with E-state index in [0.29, 0.717) is 0 Å². The van der Waals surface area contributed by atoms with Gasteiger partial charge >= 0.3 is 11.9 Å². The molecule has 0 saturated carbocycles. The molecule has 0 unspecified atom stereocenters. The van der Waals surface area contributed by atoms with E-state index in [1.54, 1.807) is 25.5 Å². The molecule has 2 rings (SSSR count). The summed E-state index contributed by atoms with van der Waals surface area (Å²) >= 11 is 0. The van der Waals surface area contributed by atoms with Gasteiger partial charge < -0.3 is 14.8 Å². The summed E-state index contributed by atoms with van der Waals surface area (Å²) in [6.07, 6.45) is 2.70. The third-order valence-corrected chi connectivity index (χ3v) is 3.09. The number of nitrogens with one attached hydrogen (secondary N) is 1. The minimum absolute atomic E-state index is 0.0140. The van der Waals surface area contributed by atoms with Crippen molar-refractivity contribution in [2.24, 2.45) is 5.41 Å². The third kappa shape index (κ3) is 4.29. The Balaban J connectivity index is 1.77. The largest absolute Gasteiger partial charge is 0.427 e. The van der Waals surface area contributed by atoms with Crippen LogP contribution in [0.1, 0.15) is 32.0 Å². The van der Waals surface area contributed by atoms with Gasteiger partial charge in [-0.15, -0.1) is 0 Å². The van der Waals surface area contributed by atoms with Gasteiger partial charge in [-0.25, -0.2) is 4.79 Å². The van der Waals surface area contributed by atoms with Crippen molar-refractivity contribution in [3.05, 3.63) is 17.5 Å². The molecule has 0 spiro atoms. The molecule has 0 aliphatic carbocycles. The highest BCUT2D eigenvalue weighted by Crippen LogP contribution is 2.15. The van der Waals surface area contributed by atoms with E-state index in [-0.39, 0.29) is 13.3 Å². The van der Waals surface area contributed by atoms with Crippen molar-refractivity contribution in [3.8, 4) is 0 Å². The molecule has 1 N–H and O–H groups in total. The fourth-order valence-corrected chi connectivity index (χ4v) is 1.91. The summed E-state index contributed by atoms with van der Waals surface area (Å²) in [6.45, 7) is 6.53. The van der Waals surface area contributed by atoms with Crippen LogP contribution in [0.5, 0.6) is 0 Å². The number of carbonyl (C=O) groups excluding carboxylic acids is 2. The van der Waals surface area contributed by atoms with Crippen LogP contribution in [0.4, 0.5) is 0 Å². The number of aromatic nitrogens is 2. The van der Waals surface area contributed by atoms with Gasteiger partial charge in [0.25, 0.3) is 0 Å². The summed E-state index contributed by atoms with van der Waals surface area (Å²) < 4.78 is 11.3. The molecule has 2 heterocycles. The molecule has 1 aliphatic heterocycles. The number of ether oxygens (including phenoxy) is 2. The standard InChI is InChI=1S/C14H21N3O4/c1-14(2,3)13(19)21-9-20-12(18)8-17-7-10-6-15-5-4-11(10)16-17/h7,15H,4-6,8-9H2,1-3H3. The van der Waals surface area contributed by atoms with Crippen LogP contribution >= 0.6 is 0 Å². The Hall–Kier alpha value is -1.89. The zero-order valence-corrected chi connectivity index (χ0v) is 12.6. The minimum Gasteiger partial charge on any atom is -0.427 e. The summed E-state index contributed by atoms with van der Waals surface area (Å²) in [5, 5.41) is 7.58. The average Bonchev–Trinajstić information content (AvgIpc) is 2.79. The number of rotatable bonds is 4. The quantitative estimate of drug-likeness (QED) is 0.647. The first-order valence-electron chi connectivity index (χ1n) is 6.95. The Kier molecular flexibility index (Phi) is 4.62. The molecule has 1 aliphatic rings. The van der Waals surface area contributed by atoms with Gasteiger partial charge in [0.2, 0.25) is 6.79 Å². The molecule has 1 aromatic rings. The monoisotopic (exact) mass is 295 g/mol. The fourth-order valence-electron chi connectivity index (χ4n) is 1.91. The summed E-state index contributed by atoms with van der Waals surface area (Å²) in [7, 11) is 0. The smallest absolute Gasteiger partial charge is 0.330 e. The highest BCUT2D eigenvalue weighted by atomic mass is 16.7. The van der Waals surface area contributed by atoms with Crippen molar-refractivity contribution in [2.45, 2.75) is 40.3 Å². The highest BCUT2D eigenvalue weighted by molar-refractivity contribution is 5.75. The van der Waals surface area contributed by atoms with E-state index in [9.17, 15) is 9.59 Å². The minimum atomic E-state index is -0.611. The van der Waals surface area contributed by atoms with Crippen LogP contribution in [-0.2, 0) is 38.6 Å². The number of esters is 2. The van der Waals surface area contributed by atoms with Gasteiger partial charge in [-0.3, -0.25) is 9.48 Å². The molecule has 0 bridgehead atoms. The number of hydrogen-bond donors (Lipinski definition) is 1. The van der Waals surface area contributed by atoms with E-state index in [2.05, 4.69) is 10.4 Å². The maximum absolute atomic E-state index is 11.7. The molecular formula is C14H21N3O4. The van der Waals surface area contributed by atoms with Gasteiger partial charge in [0, 0.05) is 31.3 Å². The molecule has 116 valence electrons. The number of hydrogen-bond acceptors (Lipinski definition) is 6. The molecule has 0 radical (unpaired) electrons. The van der Waals surface area contributed by atoms with E-state index in [4.69, 9.17) is 9.47 Å². The van der Waals surface area contributed by atoms with E-state index in [1.165, 1.54) is 0 Å². The second kappa shape index (κ2) is 6.26. The Bertz CT molecular complexity index is 507. The third-order valence-electron chi connectivity index (χ3n) is 3.09. The molecule has 21 heavy (non-hydrogen) atoms. The fraction of sp³-hybridized carbons (Fsp3) is 0.643. The Morgan fingerprint density at radius 1 is 1.38 bits per heavy atom. The summed E-state index contributed by atoms with van der Waals surface area (Å²) in [5.41, 5.74) is 1.51. The SMILES string of the molecule is CC(C)(C)C(=O)OCOC(=O)Cn1cc2c(n1)CCNC2. The van der Waals surface area contributed by atoms with Gasteiger partial charge in [0.05, 0.1) is 11.1 Å². The van der Waals surface area contributed by atoms with Crippen LogP contribution in [0.25, 0.3) is 0 Å². The molecule has 0 aromatic carbocycles. The van der Waals surface area contributed by atoms with Crippen LogP contribution in [-0.4, -0.2) is 35.1 Å². The predicted molar refractivity (Wildman–Crippen MR) is 74.1 cm³/mol. The lowest BCUT2D eigenvalue weighted by molar-refractivity contribution is -0.173. The van der Waals surface area contributed by atoms with Crippen molar-refractivity contribution in [1.82, 2.24) is 15.1 Å². The Morgan fingerprint density at radius 2 is 2.14 bits per heavy atom. The Morgan fingerprint density at radius 3 is 2.81 bits per heavy atom. The average molecular weight is 295 g/mol. The number of nitrogens with zero attached hydrogens (tertiary/aromatic N) is 2. The van der Waals surface area contributed by atoms with Crippen LogP contribution in [0.15, 0.2) is 6.20 Å². The number of carbonyl (C=O) groups is 2. The van der Waals surface area contributed by atoms with Crippen molar-refractivity contribution < 1.29 is 19.1 Å². The van der Waals surface area contributed by atoms with Gasteiger partial charge in [-0.1, -0.05) is 0 Å². The molecule has 7 nitrogen and oxygen atoms in total. The molecular weight excluding hydrogens is 274 g/mol. The topological polar surface area (TPSA) is 82.5 Å².